The molecule has 1 atom stereocenters. The van der Waals surface area contributed by atoms with Gasteiger partial charge in [-0.2, -0.15) is 5.10 Å². The van der Waals surface area contributed by atoms with E-state index in [0.29, 0.717) is 23.8 Å². The molecule has 0 amide bonds. The van der Waals surface area contributed by atoms with Crippen LogP contribution in [0.4, 0.5) is 5.69 Å². The van der Waals surface area contributed by atoms with Crippen molar-refractivity contribution in [2.45, 2.75) is 47.1 Å². The molecule has 9 nitrogen and oxygen atoms in total. The van der Waals surface area contributed by atoms with Crippen LogP contribution >= 0.6 is 11.3 Å². The van der Waals surface area contributed by atoms with Crippen LogP contribution in [0.1, 0.15) is 40.5 Å². The van der Waals surface area contributed by atoms with E-state index in [1.807, 2.05) is 6.92 Å². The maximum Gasteiger partial charge on any atom is 0.312 e. The van der Waals surface area contributed by atoms with E-state index in [2.05, 4.69) is 29.0 Å². The zero-order valence-electron chi connectivity index (χ0n) is 15.7. The highest BCUT2D eigenvalue weighted by Crippen LogP contribution is 2.31. The van der Waals surface area contributed by atoms with Gasteiger partial charge in [-0.1, -0.05) is 6.92 Å². The van der Waals surface area contributed by atoms with Gasteiger partial charge in [0.25, 0.3) is 0 Å². The maximum atomic E-state index is 11.2. The van der Waals surface area contributed by atoms with Gasteiger partial charge >= 0.3 is 5.69 Å². The molecule has 0 spiro atoms. The SMILES string of the molecule is Cc1nn(C[C@H](C)c2nc3c4c(C)c(C)sc4ncn3n2)c(C)c1[N+](=O)[O-]. The number of rotatable bonds is 4. The van der Waals surface area contributed by atoms with Crippen LogP contribution in [-0.2, 0) is 6.54 Å². The average Bonchev–Trinajstić information content (AvgIpc) is 3.23. The smallest absolute Gasteiger partial charge is 0.262 e. The Kier molecular flexibility index (Phi) is 3.95. The van der Waals surface area contributed by atoms with Crippen LogP contribution in [0.3, 0.4) is 0 Å². The average molecular weight is 385 g/mol. The molecule has 4 rings (SSSR count). The molecule has 0 saturated carbocycles. The first kappa shape index (κ1) is 17.5. The first-order chi connectivity index (χ1) is 12.8. The van der Waals surface area contributed by atoms with E-state index >= 15 is 0 Å². The molecule has 0 saturated heterocycles. The third-order valence-corrected chi connectivity index (χ3v) is 6.05. The molecule has 4 aromatic rings. The van der Waals surface area contributed by atoms with Gasteiger partial charge in [0.05, 0.1) is 16.9 Å². The summed E-state index contributed by atoms with van der Waals surface area (Å²) in [5.74, 6) is 0.611. The minimum absolute atomic E-state index is 0.0578. The molecule has 0 aliphatic rings. The van der Waals surface area contributed by atoms with E-state index in [1.165, 1.54) is 10.4 Å². The number of nitrogens with zero attached hydrogens (tertiary/aromatic N) is 7. The summed E-state index contributed by atoms with van der Waals surface area (Å²) in [7, 11) is 0. The fourth-order valence-corrected chi connectivity index (χ4v) is 4.33. The van der Waals surface area contributed by atoms with Crippen molar-refractivity contribution in [1.29, 1.82) is 0 Å². The number of hydrogen-bond donors (Lipinski definition) is 0. The molecule has 0 aliphatic carbocycles. The Morgan fingerprint density at radius 3 is 2.67 bits per heavy atom. The first-order valence-corrected chi connectivity index (χ1v) is 9.39. The van der Waals surface area contributed by atoms with Crippen LogP contribution in [-0.4, -0.2) is 34.3 Å². The highest BCUT2D eigenvalue weighted by Gasteiger charge is 2.24. The second-order valence-corrected chi connectivity index (χ2v) is 8.01. The normalized spacial score (nSPS) is 12.9. The Labute approximate surface area is 158 Å². The molecule has 0 aliphatic heterocycles. The molecule has 4 heterocycles. The van der Waals surface area contributed by atoms with Crippen molar-refractivity contribution in [2.75, 3.05) is 0 Å². The molecular formula is C17H19N7O2S. The standard InChI is InChI=1S/C17H19N7O2S/c1-8(6-22-11(4)14(24(25)26)10(3)20-22)15-19-16-13-9(2)12(5)27-17(13)18-7-23(16)21-15/h7-8H,6H2,1-5H3/t8-/m0/s1. The summed E-state index contributed by atoms with van der Waals surface area (Å²) in [5.41, 5.74) is 3.00. The Morgan fingerprint density at radius 1 is 1.26 bits per heavy atom. The fourth-order valence-electron chi connectivity index (χ4n) is 3.34. The van der Waals surface area contributed by atoms with Gasteiger partial charge in [0.2, 0.25) is 0 Å². The van der Waals surface area contributed by atoms with Gasteiger partial charge in [-0.25, -0.2) is 14.5 Å². The van der Waals surface area contributed by atoms with Gasteiger partial charge in [-0.05, 0) is 33.3 Å². The van der Waals surface area contributed by atoms with Crippen molar-refractivity contribution >= 4 is 32.9 Å². The molecule has 140 valence electrons. The predicted octanol–water partition coefficient (Wildman–Crippen LogP) is 3.48. The molecular weight excluding hydrogens is 366 g/mol. The van der Waals surface area contributed by atoms with Crippen LogP contribution in [0.2, 0.25) is 0 Å². The van der Waals surface area contributed by atoms with Crippen molar-refractivity contribution in [3.63, 3.8) is 0 Å². The highest BCUT2D eigenvalue weighted by atomic mass is 32.1. The van der Waals surface area contributed by atoms with E-state index in [9.17, 15) is 10.1 Å². The molecule has 0 bridgehead atoms. The van der Waals surface area contributed by atoms with E-state index < -0.39 is 0 Å². The lowest BCUT2D eigenvalue weighted by molar-refractivity contribution is -0.386. The molecule has 0 aromatic carbocycles. The Morgan fingerprint density at radius 2 is 2.00 bits per heavy atom. The van der Waals surface area contributed by atoms with Gasteiger partial charge in [-0.15, -0.1) is 16.4 Å². The van der Waals surface area contributed by atoms with E-state index in [4.69, 9.17) is 4.98 Å². The van der Waals surface area contributed by atoms with Crippen LogP contribution < -0.4 is 0 Å². The van der Waals surface area contributed by atoms with Crippen LogP contribution in [0.5, 0.6) is 0 Å². The van der Waals surface area contributed by atoms with Gasteiger partial charge in [0, 0.05) is 10.8 Å². The van der Waals surface area contributed by atoms with Gasteiger partial charge < -0.3 is 0 Å². The third kappa shape index (κ3) is 2.67. The number of nitro groups is 1. The van der Waals surface area contributed by atoms with Crippen LogP contribution in [0.25, 0.3) is 15.9 Å². The lowest BCUT2D eigenvalue weighted by Crippen LogP contribution is -2.11. The molecule has 0 radical (unpaired) electrons. The second kappa shape index (κ2) is 6.08. The second-order valence-electron chi connectivity index (χ2n) is 6.81. The van der Waals surface area contributed by atoms with Crippen molar-refractivity contribution in [2.24, 2.45) is 0 Å². The van der Waals surface area contributed by atoms with Gasteiger partial charge in [0.1, 0.15) is 22.5 Å². The first-order valence-electron chi connectivity index (χ1n) is 8.57. The maximum absolute atomic E-state index is 11.2. The van der Waals surface area contributed by atoms with Crippen molar-refractivity contribution < 1.29 is 4.92 Å². The number of aryl methyl sites for hydroxylation is 3. The number of aromatic nitrogens is 6. The van der Waals surface area contributed by atoms with Gasteiger partial charge in [-0.3, -0.25) is 14.8 Å². The third-order valence-electron chi connectivity index (χ3n) is 4.94. The van der Waals surface area contributed by atoms with Crippen molar-refractivity contribution in [3.05, 3.63) is 44.1 Å². The molecule has 0 fully saturated rings. The van der Waals surface area contributed by atoms with E-state index in [0.717, 1.165) is 15.9 Å². The topological polar surface area (TPSA) is 104 Å². The lowest BCUT2D eigenvalue weighted by atomic mass is 10.1. The summed E-state index contributed by atoms with van der Waals surface area (Å²) in [5, 5.41) is 21.1. The predicted molar refractivity (Wildman–Crippen MR) is 102 cm³/mol. The monoisotopic (exact) mass is 385 g/mol. The molecule has 4 aromatic heterocycles. The molecule has 27 heavy (non-hydrogen) atoms. The summed E-state index contributed by atoms with van der Waals surface area (Å²) >= 11 is 1.65. The summed E-state index contributed by atoms with van der Waals surface area (Å²) in [4.78, 5) is 22.2. The Bertz CT molecular complexity index is 1200. The quantitative estimate of drug-likeness (QED) is 0.393. The van der Waals surface area contributed by atoms with Crippen molar-refractivity contribution in [3.8, 4) is 0 Å². The largest absolute Gasteiger partial charge is 0.312 e. The van der Waals surface area contributed by atoms with E-state index in [1.54, 1.807) is 40.7 Å². The lowest BCUT2D eigenvalue weighted by Gasteiger charge is -2.08. The number of thiophene rings is 1. The van der Waals surface area contributed by atoms with Crippen LogP contribution in [0.15, 0.2) is 6.33 Å². The van der Waals surface area contributed by atoms with Crippen LogP contribution in [0, 0.1) is 37.8 Å². The summed E-state index contributed by atoms with van der Waals surface area (Å²) in [6.45, 7) is 9.98. The Hall–Kier alpha value is -2.88. The minimum Gasteiger partial charge on any atom is -0.262 e. The van der Waals surface area contributed by atoms with Gasteiger partial charge in [0.15, 0.2) is 11.5 Å². The molecule has 0 N–H and O–H groups in total. The summed E-state index contributed by atoms with van der Waals surface area (Å²) in [6, 6.07) is 0. The number of fused-ring (bicyclic) bond motifs is 3. The zero-order chi connectivity index (χ0) is 19.5. The van der Waals surface area contributed by atoms with Crippen molar-refractivity contribution in [1.82, 2.24) is 29.4 Å². The number of hydrogen-bond acceptors (Lipinski definition) is 7. The van der Waals surface area contributed by atoms with E-state index in [-0.39, 0.29) is 16.5 Å². The highest BCUT2D eigenvalue weighted by molar-refractivity contribution is 7.18. The zero-order valence-corrected chi connectivity index (χ0v) is 16.5. The Balaban J connectivity index is 1.73. The molecule has 0 unspecified atom stereocenters. The molecule has 10 heteroatoms. The minimum atomic E-state index is -0.383. The summed E-state index contributed by atoms with van der Waals surface area (Å²) in [6.07, 6.45) is 1.68. The fraction of sp³-hybridized carbons (Fsp3) is 0.412. The summed E-state index contributed by atoms with van der Waals surface area (Å²) < 4.78 is 3.37.